The highest BCUT2D eigenvalue weighted by molar-refractivity contribution is 5.88. The van der Waals surface area contributed by atoms with Crippen molar-refractivity contribution in [2.75, 3.05) is 13.2 Å². The number of hydrogen-bond acceptors (Lipinski definition) is 15. The average Bonchev–Trinajstić information content (AvgIpc) is 2.91. The first-order valence-electron chi connectivity index (χ1n) is 12.0. The second-order valence-corrected chi connectivity index (χ2v) is 9.34. The number of ether oxygens (including phenoxy) is 4. The highest BCUT2D eigenvalue weighted by Crippen LogP contribution is 2.39. The molecule has 15 heteroatoms. The van der Waals surface area contributed by atoms with Crippen molar-refractivity contribution in [2.24, 2.45) is 0 Å². The third-order valence-corrected chi connectivity index (χ3v) is 6.54. The minimum Gasteiger partial charge on any atom is -0.507 e. The molecule has 0 amide bonds. The SMILES string of the molecule is O=c1c(O[C@@H]2OC[C@@H](O)[C@@H](O)[C@@H]2O)c(-c2ccc(O)c(O)c2)oc2cc(O[C@@H]3OC[C@@H](O)[C@@H](O)[C@@H]3O)cc(O)c12. The van der Waals surface area contributed by atoms with E-state index in [0.29, 0.717) is 0 Å². The van der Waals surface area contributed by atoms with Crippen molar-refractivity contribution in [1.29, 1.82) is 0 Å². The van der Waals surface area contributed by atoms with Crippen LogP contribution in [0.4, 0.5) is 0 Å². The quantitative estimate of drug-likeness (QED) is 0.155. The van der Waals surface area contributed by atoms with Crippen molar-refractivity contribution >= 4 is 11.0 Å². The van der Waals surface area contributed by atoms with E-state index < -0.39 is 89.6 Å². The Morgan fingerprint density at radius 3 is 1.90 bits per heavy atom. The van der Waals surface area contributed by atoms with Gasteiger partial charge < -0.3 is 69.3 Å². The van der Waals surface area contributed by atoms with Gasteiger partial charge in [-0.2, -0.15) is 0 Å². The Hall–Kier alpha value is -3.67. The minimum atomic E-state index is -1.79. The number of hydrogen-bond donors (Lipinski definition) is 9. The number of phenolic OH excluding ortho intramolecular Hbond substituents is 3. The smallest absolute Gasteiger partial charge is 0.239 e. The van der Waals surface area contributed by atoms with Crippen LogP contribution in [-0.4, -0.2) is 108 Å². The van der Waals surface area contributed by atoms with Crippen LogP contribution in [0.15, 0.2) is 39.5 Å². The van der Waals surface area contributed by atoms with Gasteiger partial charge in [-0.3, -0.25) is 4.79 Å². The molecule has 216 valence electrons. The molecule has 15 nitrogen and oxygen atoms in total. The van der Waals surface area contributed by atoms with E-state index in [4.69, 9.17) is 23.4 Å². The third kappa shape index (κ3) is 5.00. The van der Waals surface area contributed by atoms with E-state index in [1.54, 1.807) is 0 Å². The first-order chi connectivity index (χ1) is 19.0. The van der Waals surface area contributed by atoms with Gasteiger partial charge in [0.05, 0.1) is 13.2 Å². The molecule has 0 unspecified atom stereocenters. The highest BCUT2D eigenvalue weighted by Gasteiger charge is 2.41. The fraction of sp³-hybridized carbons (Fsp3) is 0.400. The molecule has 1 aromatic heterocycles. The van der Waals surface area contributed by atoms with Gasteiger partial charge in [0.15, 0.2) is 17.3 Å². The Bertz CT molecular complexity index is 1450. The van der Waals surface area contributed by atoms with Gasteiger partial charge in [-0.15, -0.1) is 0 Å². The Labute approximate surface area is 223 Å². The highest BCUT2D eigenvalue weighted by atomic mass is 16.7. The summed E-state index contributed by atoms with van der Waals surface area (Å²) < 4.78 is 27.4. The van der Waals surface area contributed by atoms with Crippen LogP contribution in [-0.2, 0) is 9.47 Å². The predicted molar refractivity (Wildman–Crippen MR) is 130 cm³/mol. The van der Waals surface area contributed by atoms with Crippen LogP contribution < -0.4 is 14.9 Å². The van der Waals surface area contributed by atoms with E-state index in [-0.39, 0.29) is 29.3 Å². The molecule has 2 aliphatic rings. The fourth-order valence-corrected chi connectivity index (χ4v) is 4.30. The number of rotatable bonds is 5. The predicted octanol–water partition coefficient (Wildman–Crippen LogP) is -1.79. The zero-order valence-corrected chi connectivity index (χ0v) is 20.4. The van der Waals surface area contributed by atoms with Gasteiger partial charge >= 0.3 is 0 Å². The van der Waals surface area contributed by atoms with Gasteiger partial charge in [0.25, 0.3) is 0 Å². The van der Waals surface area contributed by atoms with Crippen LogP contribution in [0.25, 0.3) is 22.3 Å². The first-order valence-corrected chi connectivity index (χ1v) is 12.0. The zero-order valence-electron chi connectivity index (χ0n) is 20.4. The van der Waals surface area contributed by atoms with Crippen LogP contribution in [0, 0.1) is 0 Å². The van der Waals surface area contributed by atoms with E-state index in [2.05, 4.69) is 0 Å². The molecule has 0 bridgehead atoms. The van der Waals surface area contributed by atoms with E-state index in [1.807, 2.05) is 0 Å². The molecule has 5 rings (SSSR count). The van der Waals surface area contributed by atoms with Crippen molar-refractivity contribution in [3.05, 3.63) is 40.6 Å². The second kappa shape index (κ2) is 10.7. The molecule has 0 radical (unpaired) electrons. The van der Waals surface area contributed by atoms with Crippen molar-refractivity contribution in [1.82, 2.24) is 0 Å². The largest absolute Gasteiger partial charge is 0.507 e. The molecule has 2 saturated heterocycles. The molecule has 2 aliphatic heterocycles. The average molecular weight is 566 g/mol. The van der Waals surface area contributed by atoms with E-state index >= 15 is 0 Å². The van der Waals surface area contributed by atoms with Gasteiger partial charge in [-0.25, -0.2) is 0 Å². The second-order valence-electron chi connectivity index (χ2n) is 9.34. The molecule has 0 saturated carbocycles. The summed E-state index contributed by atoms with van der Waals surface area (Å²) in [5, 5.41) is 89.8. The number of aliphatic hydroxyl groups excluding tert-OH is 6. The normalized spacial score (nSPS) is 30.8. The molecule has 8 atom stereocenters. The van der Waals surface area contributed by atoms with Gasteiger partial charge in [-0.05, 0) is 18.2 Å². The lowest BCUT2D eigenvalue weighted by atomic mass is 10.1. The topological polar surface area (TPSA) is 249 Å². The van der Waals surface area contributed by atoms with Crippen LogP contribution >= 0.6 is 0 Å². The summed E-state index contributed by atoms with van der Waals surface area (Å²) in [5.74, 6) is -2.87. The lowest BCUT2D eigenvalue weighted by Gasteiger charge is -2.35. The zero-order chi connectivity index (χ0) is 28.9. The number of aromatic hydroxyl groups is 3. The van der Waals surface area contributed by atoms with Crippen LogP contribution in [0.2, 0.25) is 0 Å². The standard InChI is InChI=1S/C25H26O15/c26-10-2-1-8(3-11(10)27)22-23(40-25-21(35)18(32)14(30)7-37-25)19(33)16-12(28)4-9(5-15(16)39-22)38-24-20(34)17(31)13(29)6-36-24/h1-5,13-14,17-18,20-21,24-32,34-35H,6-7H2/t13-,14-,17-,18-,20+,21+,24+,25+/m1/s1. The summed E-state index contributed by atoms with van der Waals surface area (Å²) in [6.07, 6.45) is -12.6. The molecular weight excluding hydrogens is 540 g/mol. The molecular formula is C25H26O15. The summed E-state index contributed by atoms with van der Waals surface area (Å²) in [5.41, 5.74) is -1.25. The molecule has 0 aliphatic carbocycles. The number of aliphatic hydroxyl groups is 6. The minimum absolute atomic E-state index is 0.00383. The number of phenols is 3. The molecule has 3 heterocycles. The van der Waals surface area contributed by atoms with Crippen LogP contribution in [0.5, 0.6) is 28.7 Å². The maximum atomic E-state index is 13.6. The van der Waals surface area contributed by atoms with E-state index in [1.165, 1.54) is 6.07 Å². The molecule has 2 aromatic carbocycles. The van der Waals surface area contributed by atoms with Crippen LogP contribution in [0.3, 0.4) is 0 Å². The van der Waals surface area contributed by atoms with Gasteiger partial charge in [0.2, 0.25) is 23.8 Å². The van der Waals surface area contributed by atoms with Gasteiger partial charge in [0, 0.05) is 17.7 Å². The first kappa shape index (κ1) is 27.9. The van der Waals surface area contributed by atoms with Crippen LogP contribution in [0.1, 0.15) is 0 Å². The summed E-state index contributed by atoms with van der Waals surface area (Å²) in [7, 11) is 0. The number of fused-ring (bicyclic) bond motifs is 1. The van der Waals surface area contributed by atoms with Gasteiger partial charge in [0.1, 0.15) is 59.1 Å². The van der Waals surface area contributed by atoms with Crippen molar-refractivity contribution in [2.45, 2.75) is 49.2 Å². The summed E-state index contributed by atoms with van der Waals surface area (Å²) in [6.45, 7) is -0.794. The maximum absolute atomic E-state index is 13.6. The lowest BCUT2D eigenvalue weighted by molar-refractivity contribution is -0.242. The lowest BCUT2D eigenvalue weighted by Crippen LogP contribution is -2.55. The number of benzene rings is 2. The third-order valence-electron chi connectivity index (χ3n) is 6.54. The molecule has 9 N–H and O–H groups in total. The molecule has 2 fully saturated rings. The molecule has 40 heavy (non-hydrogen) atoms. The Morgan fingerprint density at radius 2 is 1.30 bits per heavy atom. The molecule has 3 aromatic rings. The summed E-state index contributed by atoms with van der Waals surface area (Å²) in [6, 6.07) is 5.56. The van der Waals surface area contributed by atoms with E-state index in [0.717, 1.165) is 24.3 Å². The fourth-order valence-electron chi connectivity index (χ4n) is 4.30. The van der Waals surface area contributed by atoms with Crippen molar-refractivity contribution < 1.29 is 69.3 Å². The van der Waals surface area contributed by atoms with Crippen molar-refractivity contribution in [3.8, 4) is 40.1 Å². The monoisotopic (exact) mass is 566 g/mol. The van der Waals surface area contributed by atoms with E-state index in [9.17, 15) is 50.8 Å². The summed E-state index contributed by atoms with van der Waals surface area (Å²) >= 11 is 0. The maximum Gasteiger partial charge on any atom is 0.239 e. The Morgan fingerprint density at radius 1 is 0.700 bits per heavy atom. The Balaban J connectivity index is 1.60. The van der Waals surface area contributed by atoms with Crippen molar-refractivity contribution in [3.63, 3.8) is 0 Å². The van der Waals surface area contributed by atoms with Gasteiger partial charge in [-0.1, -0.05) is 0 Å². The summed E-state index contributed by atoms with van der Waals surface area (Å²) in [4.78, 5) is 13.6. The Kier molecular flexibility index (Phi) is 7.47. The molecule has 0 spiro atoms.